The number of benzene rings is 3. The predicted molar refractivity (Wildman–Crippen MR) is 84.8 cm³/mol. The average molecular weight is 309 g/mol. The van der Waals surface area contributed by atoms with Crippen LogP contribution in [0.5, 0.6) is 0 Å². The van der Waals surface area contributed by atoms with Crippen molar-refractivity contribution in [2.75, 3.05) is 0 Å². The Morgan fingerprint density at radius 3 is 1.87 bits per heavy atom. The Kier molecular flexibility index (Phi) is 3.05. The normalized spacial score (nSPS) is 12.8. The molecule has 0 aromatic heterocycles. The molecule has 4 rings (SSSR count). The lowest BCUT2D eigenvalue weighted by Crippen LogP contribution is -2.07. The van der Waals surface area contributed by atoms with E-state index in [9.17, 15) is 13.2 Å². The third-order valence-electron chi connectivity index (χ3n) is 4.18. The van der Waals surface area contributed by atoms with Crippen LogP contribution in [-0.2, 0) is 6.18 Å². The highest BCUT2D eigenvalue weighted by Crippen LogP contribution is 2.45. The van der Waals surface area contributed by atoms with Gasteiger partial charge >= 0.3 is 6.18 Å². The summed E-state index contributed by atoms with van der Waals surface area (Å²) in [5.74, 6) is 0. The lowest BCUT2D eigenvalue weighted by atomic mass is 9.92. The molecule has 3 aromatic rings. The summed E-state index contributed by atoms with van der Waals surface area (Å²) < 4.78 is 40.0. The SMILES string of the molecule is FC(F)(F)c1ccccc1-c1cccc2c1[CH]c1ccccc1-2. The first kappa shape index (κ1) is 14.1. The minimum Gasteiger partial charge on any atom is -0.166 e. The van der Waals surface area contributed by atoms with Crippen LogP contribution < -0.4 is 0 Å². The minimum absolute atomic E-state index is 0.223. The van der Waals surface area contributed by atoms with Crippen molar-refractivity contribution >= 4 is 0 Å². The van der Waals surface area contributed by atoms with E-state index in [-0.39, 0.29) is 5.56 Å². The topological polar surface area (TPSA) is 0 Å². The quantitative estimate of drug-likeness (QED) is 0.407. The first-order valence-corrected chi connectivity index (χ1v) is 7.29. The molecular weight excluding hydrogens is 297 g/mol. The second-order valence-electron chi connectivity index (χ2n) is 5.54. The van der Waals surface area contributed by atoms with Gasteiger partial charge in [0.25, 0.3) is 0 Å². The van der Waals surface area contributed by atoms with Gasteiger partial charge in [-0.15, -0.1) is 0 Å². The van der Waals surface area contributed by atoms with Gasteiger partial charge in [0.15, 0.2) is 0 Å². The van der Waals surface area contributed by atoms with Crippen LogP contribution in [0.25, 0.3) is 22.3 Å². The highest BCUT2D eigenvalue weighted by molar-refractivity contribution is 5.89. The fraction of sp³-hybridized carbons (Fsp3) is 0.0500. The van der Waals surface area contributed by atoms with Crippen molar-refractivity contribution < 1.29 is 13.2 Å². The second kappa shape index (κ2) is 4.98. The predicted octanol–water partition coefficient (Wildman–Crippen LogP) is 5.95. The van der Waals surface area contributed by atoms with Crippen LogP contribution >= 0.6 is 0 Å². The molecule has 1 radical (unpaired) electrons. The van der Waals surface area contributed by atoms with Gasteiger partial charge in [-0.05, 0) is 39.4 Å². The molecule has 0 N–H and O–H groups in total. The molecule has 1 aliphatic rings. The summed E-state index contributed by atoms with van der Waals surface area (Å²) in [4.78, 5) is 0. The molecule has 0 atom stereocenters. The van der Waals surface area contributed by atoms with Gasteiger partial charge in [0.05, 0.1) is 5.56 Å². The summed E-state index contributed by atoms with van der Waals surface area (Å²) in [6.45, 7) is 0. The number of hydrogen-bond donors (Lipinski definition) is 0. The fourth-order valence-corrected chi connectivity index (χ4v) is 3.18. The smallest absolute Gasteiger partial charge is 0.166 e. The molecule has 0 saturated heterocycles. The minimum atomic E-state index is -4.37. The Hall–Kier alpha value is -2.55. The number of alkyl halides is 3. The molecule has 0 amide bonds. The zero-order valence-corrected chi connectivity index (χ0v) is 12.1. The van der Waals surface area contributed by atoms with Gasteiger partial charge in [-0.25, -0.2) is 0 Å². The molecule has 113 valence electrons. The molecule has 23 heavy (non-hydrogen) atoms. The summed E-state index contributed by atoms with van der Waals surface area (Å²) in [5.41, 5.74) is 4.18. The Labute approximate surface area is 132 Å². The van der Waals surface area contributed by atoms with Crippen LogP contribution in [0.3, 0.4) is 0 Å². The standard InChI is InChI=1S/C20H12F3/c21-20(22,23)19-11-4-3-8-17(19)16-10-5-9-15-14-7-2-1-6-13(14)12-18(15)16/h1-12H. The molecule has 0 spiro atoms. The summed E-state index contributed by atoms with van der Waals surface area (Å²) in [6.07, 6.45) is -2.40. The Bertz CT molecular complexity index is 891. The molecule has 0 heterocycles. The second-order valence-corrected chi connectivity index (χ2v) is 5.54. The van der Waals surface area contributed by atoms with Crippen LogP contribution in [0.4, 0.5) is 13.2 Å². The maximum Gasteiger partial charge on any atom is 0.417 e. The van der Waals surface area contributed by atoms with Crippen molar-refractivity contribution in [1.82, 2.24) is 0 Å². The van der Waals surface area contributed by atoms with E-state index < -0.39 is 11.7 Å². The van der Waals surface area contributed by atoms with E-state index in [0.717, 1.165) is 28.3 Å². The molecule has 3 aromatic carbocycles. The van der Waals surface area contributed by atoms with Crippen molar-refractivity contribution in [1.29, 1.82) is 0 Å². The van der Waals surface area contributed by atoms with E-state index in [1.165, 1.54) is 12.1 Å². The molecular formula is C20H12F3. The molecule has 0 fully saturated rings. The Morgan fingerprint density at radius 2 is 1.13 bits per heavy atom. The summed E-state index contributed by atoms with van der Waals surface area (Å²) in [5, 5.41) is 0. The van der Waals surface area contributed by atoms with Crippen molar-refractivity contribution in [2.45, 2.75) is 6.18 Å². The van der Waals surface area contributed by atoms with Crippen LogP contribution in [0.2, 0.25) is 0 Å². The lowest BCUT2D eigenvalue weighted by molar-refractivity contribution is -0.137. The van der Waals surface area contributed by atoms with E-state index in [0.29, 0.717) is 5.56 Å². The molecule has 1 aliphatic carbocycles. The Balaban J connectivity index is 1.95. The molecule has 0 saturated carbocycles. The van der Waals surface area contributed by atoms with E-state index >= 15 is 0 Å². The van der Waals surface area contributed by atoms with Gasteiger partial charge in [-0.2, -0.15) is 13.2 Å². The van der Waals surface area contributed by atoms with Gasteiger partial charge in [0, 0.05) is 6.42 Å². The summed E-state index contributed by atoms with van der Waals surface area (Å²) in [7, 11) is 0. The molecule has 0 nitrogen and oxygen atoms in total. The number of halogens is 3. The maximum atomic E-state index is 13.3. The van der Waals surface area contributed by atoms with E-state index in [2.05, 4.69) is 0 Å². The van der Waals surface area contributed by atoms with Gasteiger partial charge in [-0.3, -0.25) is 0 Å². The van der Waals surface area contributed by atoms with Crippen molar-refractivity contribution in [2.24, 2.45) is 0 Å². The van der Waals surface area contributed by atoms with Crippen molar-refractivity contribution in [3.05, 3.63) is 89.8 Å². The zero-order valence-electron chi connectivity index (χ0n) is 12.1. The van der Waals surface area contributed by atoms with Crippen LogP contribution in [0, 0.1) is 6.42 Å². The molecule has 0 bridgehead atoms. The number of rotatable bonds is 1. The fourth-order valence-electron chi connectivity index (χ4n) is 3.18. The average Bonchev–Trinajstić information content (AvgIpc) is 2.93. The third kappa shape index (κ3) is 2.24. The van der Waals surface area contributed by atoms with E-state index in [1.54, 1.807) is 12.1 Å². The largest absolute Gasteiger partial charge is 0.417 e. The Morgan fingerprint density at radius 1 is 0.565 bits per heavy atom. The van der Waals surface area contributed by atoms with Crippen LogP contribution in [-0.4, -0.2) is 0 Å². The zero-order chi connectivity index (χ0) is 16.0. The number of fused-ring (bicyclic) bond motifs is 3. The van der Waals surface area contributed by atoms with Gasteiger partial charge in [-0.1, -0.05) is 60.7 Å². The van der Waals surface area contributed by atoms with Crippen LogP contribution in [0.1, 0.15) is 16.7 Å². The first-order chi connectivity index (χ1) is 11.1. The van der Waals surface area contributed by atoms with E-state index in [1.807, 2.05) is 42.8 Å². The van der Waals surface area contributed by atoms with Crippen molar-refractivity contribution in [3.63, 3.8) is 0 Å². The molecule has 0 unspecified atom stereocenters. The molecule has 0 aliphatic heterocycles. The first-order valence-electron chi connectivity index (χ1n) is 7.29. The van der Waals surface area contributed by atoms with E-state index in [4.69, 9.17) is 0 Å². The highest BCUT2D eigenvalue weighted by atomic mass is 19.4. The molecule has 3 heteroatoms. The lowest BCUT2D eigenvalue weighted by Gasteiger charge is -2.15. The maximum absolute atomic E-state index is 13.3. The van der Waals surface area contributed by atoms with Crippen LogP contribution in [0.15, 0.2) is 66.7 Å². The summed E-state index contributed by atoms with van der Waals surface area (Å²) >= 11 is 0. The van der Waals surface area contributed by atoms with Gasteiger partial charge in [0.1, 0.15) is 0 Å². The van der Waals surface area contributed by atoms with Gasteiger partial charge < -0.3 is 0 Å². The third-order valence-corrected chi connectivity index (χ3v) is 4.18. The highest BCUT2D eigenvalue weighted by Gasteiger charge is 2.34. The number of hydrogen-bond acceptors (Lipinski definition) is 0. The monoisotopic (exact) mass is 309 g/mol. The summed E-state index contributed by atoms with van der Waals surface area (Å²) in [6, 6.07) is 19.1. The van der Waals surface area contributed by atoms with Crippen molar-refractivity contribution in [3.8, 4) is 22.3 Å². The van der Waals surface area contributed by atoms with Gasteiger partial charge in [0.2, 0.25) is 0 Å².